The van der Waals surface area contributed by atoms with Gasteiger partial charge in [-0.2, -0.15) is 0 Å². The number of benzene rings is 1. The highest BCUT2D eigenvalue weighted by Gasteiger charge is 2.34. The second-order valence-electron chi connectivity index (χ2n) is 6.10. The summed E-state index contributed by atoms with van der Waals surface area (Å²) < 4.78 is 0. The van der Waals surface area contributed by atoms with Crippen molar-refractivity contribution in [3.05, 3.63) is 34.9 Å². The molecule has 1 saturated heterocycles. The minimum Gasteiger partial charge on any atom is -0.341 e. The number of amides is 2. The molecular formula is C17H21ClN2O2. The van der Waals surface area contributed by atoms with E-state index in [4.69, 9.17) is 11.6 Å². The van der Waals surface area contributed by atoms with Gasteiger partial charge in [0.05, 0.1) is 6.42 Å². The van der Waals surface area contributed by atoms with Gasteiger partial charge >= 0.3 is 0 Å². The molecule has 2 fully saturated rings. The smallest absolute Gasteiger partial charge is 0.227 e. The topological polar surface area (TPSA) is 40.6 Å². The van der Waals surface area contributed by atoms with Crippen LogP contribution in [0, 0.1) is 5.92 Å². The van der Waals surface area contributed by atoms with Crippen LogP contribution in [0.4, 0.5) is 0 Å². The Labute approximate surface area is 136 Å². The third-order valence-electron chi connectivity index (χ3n) is 4.39. The summed E-state index contributed by atoms with van der Waals surface area (Å²) >= 11 is 6.12. The summed E-state index contributed by atoms with van der Waals surface area (Å²) in [5.41, 5.74) is 0.865. The molecule has 22 heavy (non-hydrogen) atoms. The van der Waals surface area contributed by atoms with Crippen LogP contribution < -0.4 is 0 Å². The number of hydrogen-bond acceptors (Lipinski definition) is 2. The summed E-state index contributed by atoms with van der Waals surface area (Å²) in [6.45, 7) is 2.77. The fraction of sp³-hybridized carbons (Fsp3) is 0.529. The maximum absolute atomic E-state index is 12.5. The normalized spacial score (nSPS) is 19.0. The van der Waals surface area contributed by atoms with Crippen molar-refractivity contribution in [3.63, 3.8) is 0 Å². The Morgan fingerprint density at radius 1 is 1.05 bits per heavy atom. The van der Waals surface area contributed by atoms with Gasteiger partial charge in [0.25, 0.3) is 0 Å². The van der Waals surface area contributed by atoms with Crippen molar-refractivity contribution >= 4 is 23.4 Å². The molecule has 0 N–H and O–H groups in total. The minimum atomic E-state index is 0.0915. The second-order valence-corrected chi connectivity index (χ2v) is 6.51. The molecule has 1 aromatic carbocycles. The molecule has 1 aromatic rings. The fourth-order valence-electron chi connectivity index (χ4n) is 2.89. The van der Waals surface area contributed by atoms with Crippen LogP contribution in [-0.2, 0) is 16.0 Å². The van der Waals surface area contributed by atoms with E-state index < -0.39 is 0 Å². The third-order valence-corrected chi connectivity index (χ3v) is 4.76. The molecule has 0 unspecified atom stereocenters. The monoisotopic (exact) mass is 320 g/mol. The highest BCUT2D eigenvalue weighted by molar-refractivity contribution is 6.31. The van der Waals surface area contributed by atoms with Gasteiger partial charge in [-0.25, -0.2) is 0 Å². The zero-order chi connectivity index (χ0) is 15.5. The number of carbonyl (C=O) groups excluding carboxylic acids is 2. The molecule has 4 nitrogen and oxygen atoms in total. The molecule has 0 aromatic heterocycles. The first-order chi connectivity index (χ1) is 10.6. The van der Waals surface area contributed by atoms with E-state index in [2.05, 4.69) is 0 Å². The van der Waals surface area contributed by atoms with Crippen LogP contribution in [-0.4, -0.2) is 47.8 Å². The van der Waals surface area contributed by atoms with Gasteiger partial charge in [0, 0.05) is 37.1 Å². The highest BCUT2D eigenvalue weighted by atomic mass is 35.5. The second kappa shape index (κ2) is 6.69. The van der Waals surface area contributed by atoms with Gasteiger partial charge in [0.15, 0.2) is 0 Å². The van der Waals surface area contributed by atoms with E-state index in [-0.39, 0.29) is 17.7 Å². The molecule has 0 bridgehead atoms. The first-order valence-corrected chi connectivity index (χ1v) is 8.33. The first kappa shape index (κ1) is 15.3. The van der Waals surface area contributed by atoms with Gasteiger partial charge in [0.2, 0.25) is 11.8 Å². The number of rotatable bonds is 3. The molecular weight excluding hydrogens is 300 g/mol. The van der Waals surface area contributed by atoms with Gasteiger partial charge < -0.3 is 9.80 Å². The largest absolute Gasteiger partial charge is 0.341 e. The molecule has 118 valence electrons. The number of nitrogens with zero attached hydrogens (tertiary/aromatic N) is 2. The lowest BCUT2D eigenvalue weighted by atomic mass is 10.1. The fourth-order valence-corrected chi connectivity index (χ4v) is 3.09. The predicted octanol–water partition coefficient (Wildman–Crippen LogP) is 2.35. The maximum Gasteiger partial charge on any atom is 0.227 e. The Morgan fingerprint density at radius 2 is 1.73 bits per heavy atom. The number of halogens is 1. The summed E-state index contributed by atoms with van der Waals surface area (Å²) in [5, 5.41) is 0.635. The molecule has 1 heterocycles. The molecule has 0 atom stereocenters. The lowest BCUT2D eigenvalue weighted by molar-refractivity contribution is -0.134. The van der Waals surface area contributed by atoms with Gasteiger partial charge in [0.1, 0.15) is 0 Å². The molecule has 0 radical (unpaired) electrons. The van der Waals surface area contributed by atoms with Crippen LogP contribution in [0.25, 0.3) is 0 Å². The molecule has 0 spiro atoms. The maximum atomic E-state index is 12.5. The Morgan fingerprint density at radius 3 is 2.45 bits per heavy atom. The highest BCUT2D eigenvalue weighted by Crippen LogP contribution is 2.31. The summed E-state index contributed by atoms with van der Waals surface area (Å²) in [7, 11) is 0. The van der Waals surface area contributed by atoms with Crippen LogP contribution in [0.2, 0.25) is 5.02 Å². The van der Waals surface area contributed by atoms with E-state index in [0.717, 1.165) is 37.9 Å². The van der Waals surface area contributed by atoms with E-state index in [0.29, 0.717) is 24.5 Å². The van der Waals surface area contributed by atoms with Crippen LogP contribution in [0.15, 0.2) is 24.3 Å². The zero-order valence-electron chi connectivity index (χ0n) is 12.6. The lowest BCUT2D eigenvalue weighted by Gasteiger charge is -2.22. The summed E-state index contributed by atoms with van der Waals surface area (Å²) in [6, 6.07) is 7.46. The third kappa shape index (κ3) is 3.61. The van der Waals surface area contributed by atoms with E-state index >= 15 is 0 Å². The average Bonchev–Trinajstić information content (AvgIpc) is 3.35. The summed E-state index contributed by atoms with van der Waals surface area (Å²) in [4.78, 5) is 28.4. The Kier molecular flexibility index (Phi) is 4.67. The molecule has 3 rings (SSSR count). The Hall–Kier alpha value is -1.55. The average molecular weight is 321 g/mol. The summed E-state index contributed by atoms with van der Waals surface area (Å²) in [6.07, 6.45) is 3.25. The van der Waals surface area contributed by atoms with Crippen molar-refractivity contribution in [2.45, 2.75) is 25.7 Å². The van der Waals surface area contributed by atoms with E-state index in [1.807, 2.05) is 34.1 Å². The SMILES string of the molecule is O=C(Cc1ccccc1Cl)N1CCCN(C(=O)C2CC2)CC1. The van der Waals surface area contributed by atoms with Crippen molar-refractivity contribution in [1.29, 1.82) is 0 Å². The van der Waals surface area contributed by atoms with Crippen LogP contribution in [0.3, 0.4) is 0 Å². The van der Waals surface area contributed by atoms with Crippen molar-refractivity contribution in [1.82, 2.24) is 9.80 Å². The Bertz CT molecular complexity index is 572. The van der Waals surface area contributed by atoms with Gasteiger partial charge in [-0.1, -0.05) is 29.8 Å². The standard InChI is InChI=1S/C17H21ClN2O2/c18-15-5-2-1-4-14(15)12-16(21)19-8-3-9-20(11-10-19)17(22)13-6-7-13/h1-2,4-5,13H,3,6-12H2. The molecule has 2 aliphatic rings. The predicted molar refractivity (Wildman–Crippen MR) is 85.7 cm³/mol. The number of hydrogen-bond donors (Lipinski definition) is 0. The first-order valence-electron chi connectivity index (χ1n) is 7.95. The van der Waals surface area contributed by atoms with E-state index in [1.54, 1.807) is 0 Å². The van der Waals surface area contributed by atoms with Crippen LogP contribution >= 0.6 is 11.6 Å². The van der Waals surface area contributed by atoms with Gasteiger partial charge in [-0.05, 0) is 30.9 Å². The van der Waals surface area contributed by atoms with E-state index in [9.17, 15) is 9.59 Å². The molecule has 5 heteroatoms. The van der Waals surface area contributed by atoms with Crippen molar-refractivity contribution in [2.75, 3.05) is 26.2 Å². The molecule has 2 amide bonds. The van der Waals surface area contributed by atoms with Crippen LogP contribution in [0.5, 0.6) is 0 Å². The minimum absolute atomic E-state index is 0.0915. The number of carbonyl (C=O) groups is 2. The molecule has 1 aliphatic carbocycles. The van der Waals surface area contributed by atoms with E-state index in [1.165, 1.54) is 0 Å². The van der Waals surface area contributed by atoms with Crippen molar-refractivity contribution < 1.29 is 9.59 Å². The zero-order valence-corrected chi connectivity index (χ0v) is 13.4. The summed E-state index contributed by atoms with van der Waals surface area (Å²) in [5.74, 6) is 0.625. The quantitative estimate of drug-likeness (QED) is 0.858. The molecule has 1 aliphatic heterocycles. The van der Waals surface area contributed by atoms with Crippen molar-refractivity contribution in [2.24, 2.45) is 5.92 Å². The van der Waals surface area contributed by atoms with Crippen molar-refractivity contribution in [3.8, 4) is 0 Å². The van der Waals surface area contributed by atoms with Crippen LogP contribution in [0.1, 0.15) is 24.8 Å². The Balaban J connectivity index is 1.57. The van der Waals surface area contributed by atoms with Gasteiger partial charge in [-0.3, -0.25) is 9.59 Å². The molecule has 1 saturated carbocycles. The van der Waals surface area contributed by atoms with Gasteiger partial charge in [-0.15, -0.1) is 0 Å². The lowest BCUT2D eigenvalue weighted by Crippen LogP contribution is -2.38.